The van der Waals surface area contributed by atoms with Crippen LogP contribution in [0.5, 0.6) is 34.5 Å². The predicted octanol–water partition coefficient (Wildman–Crippen LogP) is 8.99. The van der Waals surface area contributed by atoms with Gasteiger partial charge in [-0.05, 0) is 12.1 Å². The summed E-state index contributed by atoms with van der Waals surface area (Å²) in [5, 5.41) is -0.256. The maximum Gasteiger partial charge on any atom is 0.269 e. The molecule has 0 saturated carbocycles. The van der Waals surface area contributed by atoms with Crippen molar-refractivity contribution in [1.82, 2.24) is 18.7 Å². The van der Waals surface area contributed by atoms with Crippen molar-refractivity contribution in [3.63, 3.8) is 0 Å². The number of sulfonamides is 2. The van der Waals surface area contributed by atoms with E-state index >= 15 is 4.39 Å². The second kappa shape index (κ2) is 19.2. The van der Waals surface area contributed by atoms with E-state index in [9.17, 15) is 47.6 Å². The first-order valence-corrected chi connectivity index (χ1v) is 21.4. The third-order valence-electron chi connectivity index (χ3n) is 7.91. The Hall–Kier alpha value is -6.64. The summed E-state index contributed by atoms with van der Waals surface area (Å²) in [5.41, 5.74) is 0.371. The van der Waals surface area contributed by atoms with Gasteiger partial charge in [-0.15, -0.1) is 0 Å². The van der Waals surface area contributed by atoms with Gasteiger partial charge in [-0.3, -0.25) is 4.72 Å². The lowest BCUT2D eigenvalue weighted by molar-refractivity contribution is 0.391. The summed E-state index contributed by atoms with van der Waals surface area (Å²) in [6.45, 7) is -0.368. The number of benzene rings is 5. The van der Waals surface area contributed by atoms with Gasteiger partial charge in [0.05, 0.1) is 20.8 Å². The van der Waals surface area contributed by atoms with E-state index in [0.29, 0.717) is 59.2 Å². The molecule has 0 spiro atoms. The number of anilines is 2. The molecule has 2 aromatic heterocycles. The van der Waals surface area contributed by atoms with E-state index in [1.54, 1.807) is 12.1 Å². The van der Waals surface area contributed by atoms with Crippen molar-refractivity contribution in [2.45, 2.75) is 16.3 Å². The van der Waals surface area contributed by atoms with Gasteiger partial charge in [-0.25, -0.2) is 66.2 Å². The Kier molecular flexibility index (Phi) is 14.0. The van der Waals surface area contributed by atoms with E-state index in [0.717, 1.165) is 52.8 Å². The first-order valence-electron chi connectivity index (χ1n) is 16.9. The third kappa shape index (κ3) is 11.1. The highest BCUT2D eigenvalue weighted by Gasteiger charge is 2.33. The molecule has 26 heteroatoms. The molecule has 330 valence electrons. The van der Waals surface area contributed by atoms with E-state index in [1.165, 1.54) is 20.3 Å². The van der Waals surface area contributed by atoms with Gasteiger partial charge < -0.3 is 18.9 Å². The fourth-order valence-corrected chi connectivity index (χ4v) is 9.11. The minimum absolute atomic E-state index is 0.117. The molecular weight excluding hydrogens is 937 g/mol. The zero-order chi connectivity index (χ0) is 45.6. The van der Waals surface area contributed by atoms with Gasteiger partial charge >= 0.3 is 0 Å². The largest absolute Gasteiger partial charge is 0.497 e. The number of ether oxygens (including phenoxy) is 4. The molecule has 0 radical (unpaired) electrons. The molecular formula is C37H24F8N6O8S4. The molecule has 0 aliphatic rings. The molecule has 5 aromatic carbocycles. The van der Waals surface area contributed by atoms with Crippen LogP contribution in [0.4, 0.5) is 45.4 Å². The highest BCUT2D eigenvalue weighted by Crippen LogP contribution is 2.36. The van der Waals surface area contributed by atoms with Crippen molar-refractivity contribution >= 4 is 53.4 Å². The van der Waals surface area contributed by atoms with E-state index in [1.807, 2.05) is 4.72 Å². The average molecular weight is 961 g/mol. The SMILES string of the molecule is COc1ccc(CN(c2ncns2)S(=O)(=O)c2cc(F)c(Oc3cc(F)cc(F)c3)cc2F)c(OC)c1.O=S(=O)(Nc1ncns1)c1cc(F)c(Oc2cc(F)cc(F)c2)cc1F. The summed E-state index contributed by atoms with van der Waals surface area (Å²) in [4.78, 5) is 5.47. The first-order chi connectivity index (χ1) is 29.9. The van der Waals surface area contributed by atoms with Crippen LogP contribution in [0.25, 0.3) is 0 Å². The monoisotopic (exact) mass is 960 g/mol. The first kappa shape index (κ1) is 45.9. The third-order valence-corrected chi connectivity index (χ3v) is 12.5. The number of nitrogens with zero attached hydrogens (tertiary/aromatic N) is 5. The van der Waals surface area contributed by atoms with Gasteiger partial charge in [-0.1, -0.05) is 0 Å². The number of rotatable bonds is 14. The lowest BCUT2D eigenvalue weighted by Crippen LogP contribution is -2.31. The van der Waals surface area contributed by atoms with Gasteiger partial charge in [0.1, 0.15) is 80.3 Å². The van der Waals surface area contributed by atoms with Gasteiger partial charge in [0.2, 0.25) is 10.3 Å². The molecule has 0 fully saturated rings. The van der Waals surface area contributed by atoms with Crippen LogP contribution < -0.4 is 28.0 Å². The molecule has 0 aliphatic heterocycles. The van der Waals surface area contributed by atoms with Crippen LogP contribution >= 0.6 is 23.1 Å². The number of methoxy groups -OCH3 is 2. The molecule has 63 heavy (non-hydrogen) atoms. The van der Waals surface area contributed by atoms with Crippen molar-refractivity contribution in [2.24, 2.45) is 0 Å². The summed E-state index contributed by atoms with van der Waals surface area (Å²) in [6.07, 6.45) is 2.19. The number of hydrogen-bond donors (Lipinski definition) is 1. The Labute approximate surface area is 359 Å². The Morgan fingerprint density at radius 2 is 1.10 bits per heavy atom. The zero-order valence-electron chi connectivity index (χ0n) is 31.5. The van der Waals surface area contributed by atoms with E-state index in [2.05, 4.69) is 18.7 Å². The maximum absolute atomic E-state index is 15.1. The Balaban J connectivity index is 0.000000223. The van der Waals surface area contributed by atoms with Crippen molar-refractivity contribution in [3.8, 4) is 34.5 Å². The van der Waals surface area contributed by atoms with Crippen LogP contribution in [0.3, 0.4) is 0 Å². The molecule has 0 amide bonds. The van der Waals surface area contributed by atoms with E-state index in [4.69, 9.17) is 18.9 Å². The van der Waals surface area contributed by atoms with Crippen LogP contribution in [-0.2, 0) is 26.6 Å². The van der Waals surface area contributed by atoms with Crippen LogP contribution in [0, 0.1) is 46.5 Å². The number of hydrogen-bond acceptors (Lipinski definition) is 14. The van der Waals surface area contributed by atoms with Crippen molar-refractivity contribution < 1.29 is 70.9 Å². The predicted molar refractivity (Wildman–Crippen MR) is 209 cm³/mol. The standard InChI is InChI=1S/C23H17F4N3O5S2.C14H7F4N3O3S2/c1-33-16-4-3-13(20(8-16)34-2)11-30(23-28-12-29-36-23)37(31,32)22-10-18(26)21(9-19(22)27)35-17-6-14(24)5-15(25)7-17;15-7-1-8(16)3-9(2-7)24-12-4-11(18)13(5-10(12)17)26(22,23)21-14-19-6-20-25-14/h3-10,12H,11H2,1-2H3;1-6H,(H,19,20,21). The minimum atomic E-state index is -4.76. The minimum Gasteiger partial charge on any atom is -0.497 e. The number of halogens is 8. The fraction of sp³-hybridized carbons (Fsp3) is 0.0811. The molecule has 0 aliphatic carbocycles. The Bertz CT molecular complexity index is 2950. The summed E-state index contributed by atoms with van der Waals surface area (Å²) >= 11 is 1.42. The van der Waals surface area contributed by atoms with Gasteiger partial charge in [0.25, 0.3) is 20.0 Å². The van der Waals surface area contributed by atoms with Crippen LogP contribution in [0.1, 0.15) is 5.56 Å². The summed E-state index contributed by atoms with van der Waals surface area (Å²) in [6, 6.07) is 10.5. The Morgan fingerprint density at radius 1 is 0.571 bits per heavy atom. The summed E-state index contributed by atoms with van der Waals surface area (Å²) in [7, 11) is -6.41. The quantitative estimate of drug-likeness (QED) is 0.103. The van der Waals surface area contributed by atoms with Crippen LogP contribution in [0.2, 0.25) is 0 Å². The lowest BCUT2D eigenvalue weighted by Gasteiger charge is -2.23. The van der Waals surface area contributed by atoms with Crippen molar-refractivity contribution in [2.75, 3.05) is 23.2 Å². The van der Waals surface area contributed by atoms with Gasteiger partial charge in [0.15, 0.2) is 23.1 Å². The van der Waals surface area contributed by atoms with E-state index in [-0.39, 0.29) is 22.6 Å². The normalized spacial score (nSPS) is 11.3. The summed E-state index contributed by atoms with van der Waals surface area (Å²) < 4.78 is 193. The van der Waals surface area contributed by atoms with Crippen molar-refractivity contribution in [1.29, 1.82) is 0 Å². The smallest absolute Gasteiger partial charge is 0.269 e. The second-order valence-corrected chi connectivity index (χ2v) is 17.1. The topological polar surface area (TPSA) is 172 Å². The summed E-state index contributed by atoms with van der Waals surface area (Å²) in [5.74, 6) is -10.9. The molecule has 2 heterocycles. The molecule has 7 rings (SSSR count). The van der Waals surface area contributed by atoms with Gasteiger partial charge in [-0.2, -0.15) is 8.75 Å². The second-order valence-electron chi connectivity index (χ2n) is 12.1. The van der Waals surface area contributed by atoms with Crippen LogP contribution in [-0.4, -0.2) is 49.8 Å². The molecule has 7 aromatic rings. The lowest BCUT2D eigenvalue weighted by atomic mass is 10.2. The highest BCUT2D eigenvalue weighted by atomic mass is 32.2. The highest BCUT2D eigenvalue weighted by molar-refractivity contribution is 7.93. The molecule has 0 saturated heterocycles. The number of nitrogens with one attached hydrogen (secondary N) is 1. The number of aromatic nitrogens is 4. The molecule has 1 N–H and O–H groups in total. The zero-order valence-corrected chi connectivity index (χ0v) is 34.8. The average Bonchev–Trinajstić information content (AvgIpc) is 3.94. The van der Waals surface area contributed by atoms with Crippen molar-refractivity contribution in [3.05, 3.63) is 144 Å². The van der Waals surface area contributed by atoms with Crippen LogP contribution in [0.15, 0.2) is 101 Å². The van der Waals surface area contributed by atoms with E-state index < -0.39 is 99.4 Å². The maximum atomic E-state index is 15.1. The van der Waals surface area contributed by atoms with Gasteiger partial charge in [0, 0.05) is 95.4 Å². The molecule has 14 nitrogen and oxygen atoms in total. The fourth-order valence-electron chi connectivity index (χ4n) is 5.19. The molecule has 0 unspecified atom stereocenters. The molecule has 0 atom stereocenters. The molecule has 0 bridgehead atoms. The Morgan fingerprint density at radius 3 is 1.59 bits per heavy atom.